The molecule has 17 heavy (non-hydrogen) atoms. The summed E-state index contributed by atoms with van der Waals surface area (Å²) in [6.07, 6.45) is 0. The van der Waals surface area contributed by atoms with E-state index in [4.69, 9.17) is 5.73 Å². The van der Waals surface area contributed by atoms with Crippen molar-refractivity contribution in [2.24, 2.45) is 5.73 Å². The first-order valence-electron chi connectivity index (χ1n) is 5.66. The van der Waals surface area contributed by atoms with Gasteiger partial charge in [-0.2, -0.15) is 0 Å². The third-order valence-corrected chi connectivity index (χ3v) is 2.65. The van der Waals surface area contributed by atoms with Gasteiger partial charge in [-0.15, -0.1) is 0 Å². The minimum atomic E-state index is -0.255. The summed E-state index contributed by atoms with van der Waals surface area (Å²) in [5.74, 6) is 0.767. The third kappa shape index (κ3) is 2.36. The Morgan fingerprint density at radius 2 is 2.18 bits per heavy atom. The average Bonchev–Trinajstić information content (AvgIpc) is 2.73. The lowest BCUT2D eigenvalue weighted by Crippen LogP contribution is -1.98. The first-order chi connectivity index (χ1) is 8.11. The van der Waals surface area contributed by atoms with Gasteiger partial charge >= 0.3 is 0 Å². The maximum atomic E-state index is 13.2. The molecule has 1 aromatic heterocycles. The topological polar surface area (TPSA) is 54.7 Å². The molecule has 0 saturated heterocycles. The van der Waals surface area contributed by atoms with Gasteiger partial charge in [0.05, 0.1) is 12.2 Å². The van der Waals surface area contributed by atoms with Crippen LogP contribution in [0.1, 0.15) is 31.3 Å². The molecular formula is C13H16FN3. The normalized spacial score (nSPS) is 11.1. The van der Waals surface area contributed by atoms with Crippen molar-refractivity contribution in [2.45, 2.75) is 26.3 Å². The summed E-state index contributed by atoms with van der Waals surface area (Å²) >= 11 is 0. The number of imidazole rings is 1. The highest BCUT2D eigenvalue weighted by molar-refractivity contribution is 5.62. The highest BCUT2D eigenvalue weighted by Gasteiger charge is 2.14. The lowest BCUT2D eigenvalue weighted by molar-refractivity contribution is 0.628. The Bertz CT molecular complexity index is 517. The fraction of sp³-hybridized carbons (Fsp3) is 0.308. The number of hydrogen-bond donors (Lipinski definition) is 2. The molecule has 3 N–H and O–H groups in total. The molecule has 0 radical (unpaired) electrons. The molecule has 0 fully saturated rings. The van der Waals surface area contributed by atoms with Gasteiger partial charge in [-0.1, -0.05) is 26.0 Å². The van der Waals surface area contributed by atoms with Gasteiger partial charge in [0.25, 0.3) is 0 Å². The summed E-state index contributed by atoms with van der Waals surface area (Å²) in [6, 6.07) is 6.45. The Hall–Kier alpha value is -1.68. The van der Waals surface area contributed by atoms with Crippen LogP contribution in [0.4, 0.5) is 4.39 Å². The summed E-state index contributed by atoms with van der Waals surface area (Å²) in [6.45, 7) is 4.49. The van der Waals surface area contributed by atoms with E-state index in [9.17, 15) is 4.39 Å². The van der Waals surface area contributed by atoms with Crippen molar-refractivity contribution in [2.75, 3.05) is 0 Å². The van der Waals surface area contributed by atoms with Gasteiger partial charge in [0.1, 0.15) is 11.6 Å². The molecule has 90 valence electrons. The molecule has 0 atom stereocenters. The second-order valence-corrected chi connectivity index (χ2v) is 4.31. The number of halogens is 1. The number of hydrogen-bond acceptors (Lipinski definition) is 2. The number of H-pyrrole nitrogens is 1. The predicted octanol–water partition coefficient (Wildman–Crippen LogP) is 2.80. The molecule has 0 saturated carbocycles. The first kappa shape index (κ1) is 11.8. The van der Waals surface area contributed by atoms with E-state index in [1.54, 1.807) is 6.07 Å². The number of aromatic amines is 1. The zero-order valence-corrected chi connectivity index (χ0v) is 10.00. The molecule has 0 aliphatic rings. The standard InChI is InChI=1S/C13H16FN3/c1-8(2)12-13(17-11(7-15)16-12)9-4-3-5-10(14)6-9/h3-6,8H,7,15H2,1-2H3,(H,16,17). The summed E-state index contributed by atoms with van der Waals surface area (Å²) in [5.41, 5.74) is 8.14. The smallest absolute Gasteiger partial charge is 0.123 e. The molecule has 1 heterocycles. The Balaban J connectivity index is 2.53. The summed E-state index contributed by atoms with van der Waals surface area (Å²) in [5, 5.41) is 0. The van der Waals surface area contributed by atoms with Gasteiger partial charge in [0.15, 0.2) is 0 Å². The molecule has 3 nitrogen and oxygen atoms in total. The van der Waals surface area contributed by atoms with Crippen LogP contribution in [0.2, 0.25) is 0 Å². The largest absolute Gasteiger partial charge is 0.344 e. The van der Waals surface area contributed by atoms with Gasteiger partial charge in [-0.3, -0.25) is 0 Å². The highest BCUT2D eigenvalue weighted by atomic mass is 19.1. The monoisotopic (exact) mass is 233 g/mol. The molecule has 0 amide bonds. The van der Waals surface area contributed by atoms with Crippen LogP contribution in [0.15, 0.2) is 24.3 Å². The van der Waals surface area contributed by atoms with Crippen molar-refractivity contribution in [1.29, 1.82) is 0 Å². The van der Waals surface area contributed by atoms with Crippen LogP contribution in [0.5, 0.6) is 0 Å². The van der Waals surface area contributed by atoms with Gasteiger partial charge < -0.3 is 10.7 Å². The predicted molar refractivity (Wildman–Crippen MR) is 66.0 cm³/mol. The van der Waals surface area contributed by atoms with Gasteiger partial charge in [-0.25, -0.2) is 9.37 Å². The van der Waals surface area contributed by atoms with Crippen LogP contribution in [-0.4, -0.2) is 9.97 Å². The number of rotatable bonds is 3. The molecule has 2 rings (SSSR count). The number of aromatic nitrogens is 2. The number of nitrogens with zero attached hydrogens (tertiary/aromatic N) is 1. The van der Waals surface area contributed by atoms with E-state index >= 15 is 0 Å². The van der Waals surface area contributed by atoms with Crippen molar-refractivity contribution in [1.82, 2.24) is 9.97 Å². The van der Waals surface area contributed by atoms with Gasteiger partial charge in [0, 0.05) is 11.3 Å². The zero-order chi connectivity index (χ0) is 12.4. The Morgan fingerprint density at radius 3 is 2.76 bits per heavy atom. The molecule has 2 aromatic rings. The maximum absolute atomic E-state index is 13.2. The fourth-order valence-electron chi connectivity index (χ4n) is 1.81. The van der Waals surface area contributed by atoms with Crippen molar-refractivity contribution in [3.8, 4) is 11.3 Å². The van der Waals surface area contributed by atoms with E-state index in [1.165, 1.54) is 12.1 Å². The Kier molecular flexibility index (Phi) is 3.24. The number of nitrogens with two attached hydrogens (primary N) is 1. The summed E-state index contributed by atoms with van der Waals surface area (Å²) < 4.78 is 13.2. The zero-order valence-electron chi connectivity index (χ0n) is 10.00. The molecule has 1 aromatic carbocycles. The van der Waals surface area contributed by atoms with Gasteiger partial charge in [0.2, 0.25) is 0 Å². The van der Waals surface area contributed by atoms with E-state index < -0.39 is 0 Å². The van der Waals surface area contributed by atoms with Crippen LogP contribution < -0.4 is 5.73 Å². The van der Waals surface area contributed by atoms with Crippen LogP contribution in [0, 0.1) is 5.82 Å². The Morgan fingerprint density at radius 1 is 1.41 bits per heavy atom. The second kappa shape index (κ2) is 4.67. The minimum absolute atomic E-state index is 0.255. The van der Waals surface area contributed by atoms with E-state index in [1.807, 2.05) is 6.07 Å². The third-order valence-electron chi connectivity index (χ3n) is 2.65. The fourth-order valence-corrected chi connectivity index (χ4v) is 1.81. The van der Waals surface area contributed by atoms with E-state index in [0.717, 1.165) is 22.8 Å². The van der Waals surface area contributed by atoms with Crippen molar-refractivity contribution in [3.05, 3.63) is 41.6 Å². The number of nitrogens with one attached hydrogen (secondary N) is 1. The molecule has 0 aliphatic heterocycles. The quantitative estimate of drug-likeness (QED) is 0.856. The van der Waals surface area contributed by atoms with Crippen LogP contribution in [0.3, 0.4) is 0 Å². The first-order valence-corrected chi connectivity index (χ1v) is 5.66. The SMILES string of the molecule is CC(C)c1[nH]c(CN)nc1-c1cccc(F)c1. The highest BCUT2D eigenvalue weighted by Crippen LogP contribution is 2.27. The molecule has 0 spiro atoms. The van der Waals surface area contributed by atoms with Crippen LogP contribution in [0.25, 0.3) is 11.3 Å². The lowest BCUT2D eigenvalue weighted by Gasteiger charge is -2.05. The van der Waals surface area contributed by atoms with E-state index in [0.29, 0.717) is 12.5 Å². The van der Waals surface area contributed by atoms with Crippen molar-refractivity contribution < 1.29 is 4.39 Å². The summed E-state index contributed by atoms with van der Waals surface area (Å²) in [7, 11) is 0. The lowest BCUT2D eigenvalue weighted by atomic mass is 10.0. The van der Waals surface area contributed by atoms with Crippen LogP contribution >= 0.6 is 0 Å². The average molecular weight is 233 g/mol. The molecular weight excluding hydrogens is 217 g/mol. The second-order valence-electron chi connectivity index (χ2n) is 4.31. The van der Waals surface area contributed by atoms with Gasteiger partial charge in [-0.05, 0) is 18.1 Å². The minimum Gasteiger partial charge on any atom is -0.344 e. The van der Waals surface area contributed by atoms with Crippen molar-refractivity contribution >= 4 is 0 Å². The maximum Gasteiger partial charge on any atom is 0.123 e. The summed E-state index contributed by atoms with van der Waals surface area (Å²) in [4.78, 5) is 7.60. The van der Waals surface area contributed by atoms with E-state index in [-0.39, 0.29) is 5.82 Å². The number of benzene rings is 1. The molecule has 4 heteroatoms. The Labute approximate surface area is 99.9 Å². The molecule has 0 bridgehead atoms. The molecule has 0 aliphatic carbocycles. The van der Waals surface area contributed by atoms with E-state index in [2.05, 4.69) is 23.8 Å². The molecule has 0 unspecified atom stereocenters. The van der Waals surface area contributed by atoms with Crippen LogP contribution in [-0.2, 0) is 6.54 Å². The van der Waals surface area contributed by atoms with Crippen molar-refractivity contribution in [3.63, 3.8) is 0 Å².